The first-order valence-corrected chi connectivity index (χ1v) is 9.16. The Bertz CT molecular complexity index is 910. The van der Waals surface area contributed by atoms with Crippen molar-refractivity contribution in [1.82, 2.24) is 9.97 Å². The number of benzene rings is 2. The third-order valence-corrected chi connectivity index (χ3v) is 5.38. The Morgan fingerprint density at radius 2 is 1.92 bits per heavy atom. The van der Waals surface area contributed by atoms with Crippen molar-refractivity contribution in [3.05, 3.63) is 75.9 Å². The third kappa shape index (κ3) is 3.51. The van der Waals surface area contributed by atoms with Crippen LogP contribution in [0.3, 0.4) is 0 Å². The maximum atomic E-state index is 4.71. The molecule has 4 rings (SSSR count). The van der Waals surface area contributed by atoms with Crippen molar-refractivity contribution >= 4 is 33.4 Å². The van der Waals surface area contributed by atoms with Crippen LogP contribution in [0, 0.1) is 6.92 Å². The van der Waals surface area contributed by atoms with E-state index in [0.717, 1.165) is 41.4 Å². The summed E-state index contributed by atoms with van der Waals surface area (Å²) in [7, 11) is 0. The molecule has 2 heterocycles. The largest absolute Gasteiger partial charge is 0.340 e. The second kappa shape index (κ2) is 6.84. The third-order valence-electron chi connectivity index (χ3n) is 4.49. The van der Waals surface area contributed by atoms with E-state index in [1.165, 1.54) is 16.7 Å². The molecule has 0 spiro atoms. The number of halogens is 1. The van der Waals surface area contributed by atoms with E-state index in [1.54, 1.807) is 0 Å². The standard InChI is InChI=1S/C20H19BrN4/c1-14-12-17(6-7-18(14)21)23-19-8-10-22-20(24-19)25-11-9-15-4-2-3-5-16(15)13-25/h2-8,10,12H,9,11,13H2,1H3,(H,22,23,24). The Kier molecular flexibility index (Phi) is 4.40. The summed E-state index contributed by atoms with van der Waals surface area (Å²) < 4.78 is 1.11. The molecule has 25 heavy (non-hydrogen) atoms. The van der Waals surface area contributed by atoms with Gasteiger partial charge in [0.15, 0.2) is 0 Å². The minimum Gasteiger partial charge on any atom is -0.340 e. The van der Waals surface area contributed by atoms with Crippen molar-refractivity contribution in [1.29, 1.82) is 0 Å². The van der Waals surface area contributed by atoms with Crippen molar-refractivity contribution in [3.63, 3.8) is 0 Å². The summed E-state index contributed by atoms with van der Waals surface area (Å²) in [6, 6.07) is 16.7. The SMILES string of the molecule is Cc1cc(Nc2ccnc(N3CCc4ccccc4C3)n2)ccc1Br. The Morgan fingerprint density at radius 3 is 2.76 bits per heavy atom. The lowest BCUT2D eigenvalue weighted by Crippen LogP contribution is -2.31. The predicted octanol–water partition coefficient (Wildman–Crippen LogP) is 4.85. The summed E-state index contributed by atoms with van der Waals surface area (Å²) in [5.41, 5.74) is 5.00. The molecular formula is C20H19BrN4. The van der Waals surface area contributed by atoms with E-state index in [2.05, 4.69) is 68.4 Å². The molecule has 0 aliphatic carbocycles. The maximum absolute atomic E-state index is 4.71. The van der Waals surface area contributed by atoms with Gasteiger partial charge < -0.3 is 10.2 Å². The normalized spacial score (nSPS) is 13.4. The molecule has 3 aromatic rings. The molecule has 1 aliphatic rings. The number of hydrogen-bond donors (Lipinski definition) is 1. The number of aryl methyl sites for hydroxylation is 1. The number of hydrogen-bond acceptors (Lipinski definition) is 4. The number of aromatic nitrogens is 2. The number of nitrogens with one attached hydrogen (secondary N) is 1. The Balaban J connectivity index is 1.55. The van der Waals surface area contributed by atoms with E-state index in [-0.39, 0.29) is 0 Å². The summed E-state index contributed by atoms with van der Waals surface area (Å²) >= 11 is 3.53. The highest BCUT2D eigenvalue weighted by atomic mass is 79.9. The van der Waals surface area contributed by atoms with Gasteiger partial charge in [0.1, 0.15) is 5.82 Å². The molecule has 126 valence electrons. The zero-order chi connectivity index (χ0) is 17.2. The van der Waals surface area contributed by atoms with Crippen LogP contribution in [0.4, 0.5) is 17.5 Å². The minimum absolute atomic E-state index is 0.772. The lowest BCUT2D eigenvalue weighted by Gasteiger charge is -2.28. The molecule has 1 aromatic heterocycles. The molecule has 1 N–H and O–H groups in total. The molecule has 4 nitrogen and oxygen atoms in total. The number of anilines is 3. The molecule has 5 heteroatoms. The van der Waals surface area contributed by atoms with Crippen molar-refractivity contribution in [2.45, 2.75) is 19.9 Å². The number of fused-ring (bicyclic) bond motifs is 1. The van der Waals surface area contributed by atoms with Crippen LogP contribution in [-0.2, 0) is 13.0 Å². The fraction of sp³-hybridized carbons (Fsp3) is 0.200. The van der Waals surface area contributed by atoms with E-state index in [9.17, 15) is 0 Å². The second-order valence-electron chi connectivity index (χ2n) is 6.27. The Morgan fingerprint density at radius 1 is 1.08 bits per heavy atom. The summed E-state index contributed by atoms with van der Waals surface area (Å²) in [4.78, 5) is 11.4. The van der Waals surface area contributed by atoms with E-state index in [4.69, 9.17) is 4.98 Å². The van der Waals surface area contributed by atoms with Crippen LogP contribution in [0.2, 0.25) is 0 Å². The molecule has 0 unspecified atom stereocenters. The van der Waals surface area contributed by atoms with Gasteiger partial charge >= 0.3 is 0 Å². The molecule has 0 bridgehead atoms. The van der Waals surface area contributed by atoms with Crippen LogP contribution < -0.4 is 10.2 Å². The van der Waals surface area contributed by atoms with Gasteiger partial charge in [0, 0.05) is 29.4 Å². The Hall–Kier alpha value is -2.40. The zero-order valence-electron chi connectivity index (χ0n) is 14.0. The first-order chi connectivity index (χ1) is 12.2. The van der Waals surface area contributed by atoms with Gasteiger partial charge in [-0.2, -0.15) is 4.98 Å². The van der Waals surface area contributed by atoms with Gasteiger partial charge in [0.25, 0.3) is 0 Å². The first kappa shape index (κ1) is 16.1. The van der Waals surface area contributed by atoms with Crippen molar-refractivity contribution in [2.24, 2.45) is 0 Å². The van der Waals surface area contributed by atoms with Gasteiger partial charge in [-0.3, -0.25) is 0 Å². The van der Waals surface area contributed by atoms with Crippen molar-refractivity contribution in [3.8, 4) is 0 Å². The quantitative estimate of drug-likeness (QED) is 0.688. The summed E-state index contributed by atoms with van der Waals surface area (Å²) in [5, 5.41) is 3.37. The number of nitrogens with zero attached hydrogens (tertiary/aromatic N) is 3. The van der Waals surface area contributed by atoms with Crippen LogP contribution in [0.15, 0.2) is 59.2 Å². The highest BCUT2D eigenvalue weighted by Crippen LogP contribution is 2.25. The summed E-state index contributed by atoms with van der Waals surface area (Å²) in [6.07, 6.45) is 2.85. The fourth-order valence-corrected chi connectivity index (χ4v) is 3.35. The van der Waals surface area contributed by atoms with Gasteiger partial charge in [-0.1, -0.05) is 40.2 Å². The fourth-order valence-electron chi connectivity index (χ4n) is 3.11. The van der Waals surface area contributed by atoms with Crippen LogP contribution in [0.5, 0.6) is 0 Å². The average Bonchev–Trinajstić information content (AvgIpc) is 2.65. The molecule has 1 aliphatic heterocycles. The molecule has 0 fully saturated rings. The van der Waals surface area contributed by atoms with E-state index in [0.29, 0.717) is 0 Å². The van der Waals surface area contributed by atoms with E-state index >= 15 is 0 Å². The maximum Gasteiger partial charge on any atom is 0.227 e. The van der Waals surface area contributed by atoms with Crippen molar-refractivity contribution < 1.29 is 0 Å². The molecule has 0 radical (unpaired) electrons. The molecular weight excluding hydrogens is 376 g/mol. The van der Waals surface area contributed by atoms with Crippen LogP contribution in [-0.4, -0.2) is 16.5 Å². The van der Waals surface area contributed by atoms with Gasteiger partial charge in [0.2, 0.25) is 5.95 Å². The van der Waals surface area contributed by atoms with Crippen molar-refractivity contribution in [2.75, 3.05) is 16.8 Å². The molecule has 0 atom stereocenters. The van der Waals surface area contributed by atoms with Gasteiger partial charge in [-0.05, 0) is 54.3 Å². The monoisotopic (exact) mass is 394 g/mol. The lowest BCUT2D eigenvalue weighted by atomic mass is 10.0. The van der Waals surface area contributed by atoms with Gasteiger partial charge in [-0.15, -0.1) is 0 Å². The minimum atomic E-state index is 0.772. The highest BCUT2D eigenvalue weighted by molar-refractivity contribution is 9.10. The molecule has 2 aromatic carbocycles. The second-order valence-corrected chi connectivity index (χ2v) is 7.13. The molecule has 0 amide bonds. The topological polar surface area (TPSA) is 41.1 Å². The van der Waals surface area contributed by atoms with Gasteiger partial charge in [0.05, 0.1) is 0 Å². The highest BCUT2D eigenvalue weighted by Gasteiger charge is 2.18. The lowest BCUT2D eigenvalue weighted by molar-refractivity contribution is 0.708. The summed E-state index contributed by atoms with van der Waals surface area (Å²) in [5.74, 6) is 1.58. The van der Waals surface area contributed by atoms with Crippen LogP contribution in [0.25, 0.3) is 0 Å². The average molecular weight is 395 g/mol. The predicted molar refractivity (Wildman–Crippen MR) is 105 cm³/mol. The van der Waals surface area contributed by atoms with E-state index < -0.39 is 0 Å². The van der Waals surface area contributed by atoms with Crippen LogP contribution >= 0.6 is 15.9 Å². The van der Waals surface area contributed by atoms with Crippen LogP contribution in [0.1, 0.15) is 16.7 Å². The smallest absolute Gasteiger partial charge is 0.227 e. The number of rotatable bonds is 3. The van der Waals surface area contributed by atoms with E-state index in [1.807, 2.05) is 24.4 Å². The molecule has 0 saturated carbocycles. The zero-order valence-corrected chi connectivity index (χ0v) is 15.6. The summed E-state index contributed by atoms with van der Waals surface area (Å²) in [6.45, 7) is 3.88. The molecule has 0 saturated heterocycles. The first-order valence-electron chi connectivity index (χ1n) is 8.37. The Labute approximate surface area is 156 Å². The van der Waals surface area contributed by atoms with Gasteiger partial charge in [-0.25, -0.2) is 4.98 Å².